The average molecular weight is 343 g/mol. The van der Waals surface area contributed by atoms with E-state index in [9.17, 15) is 4.79 Å². The SMILES string of the molecule is CC(C)(CNC(=O)C1COCCN1)c1ccc2c(c1)OCO2.Cl. The number of ether oxygens (including phenoxy) is 3. The summed E-state index contributed by atoms with van der Waals surface area (Å²) in [6.07, 6.45) is 0. The molecule has 1 amide bonds. The molecule has 2 N–H and O–H groups in total. The molecule has 1 aromatic rings. The van der Waals surface area contributed by atoms with Gasteiger partial charge < -0.3 is 24.8 Å². The van der Waals surface area contributed by atoms with Gasteiger partial charge in [0.05, 0.1) is 13.2 Å². The van der Waals surface area contributed by atoms with Crippen molar-refractivity contribution in [2.45, 2.75) is 25.3 Å². The van der Waals surface area contributed by atoms with Gasteiger partial charge in [-0.1, -0.05) is 19.9 Å². The van der Waals surface area contributed by atoms with E-state index in [1.807, 2.05) is 18.2 Å². The molecule has 0 saturated carbocycles. The molecule has 1 fully saturated rings. The van der Waals surface area contributed by atoms with Gasteiger partial charge in [-0.3, -0.25) is 4.79 Å². The average Bonchev–Trinajstić information content (AvgIpc) is 3.01. The molecule has 2 heterocycles. The van der Waals surface area contributed by atoms with Crippen molar-refractivity contribution >= 4 is 18.3 Å². The summed E-state index contributed by atoms with van der Waals surface area (Å²) in [5.41, 5.74) is 0.900. The van der Waals surface area contributed by atoms with E-state index in [-0.39, 0.29) is 36.6 Å². The Bertz CT molecular complexity index is 559. The summed E-state index contributed by atoms with van der Waals surface area (Å²) >= 11 is 0. The molecule has 2 aliphatic heterocycles. The Labute approximate surface area is 142 Å². The largest absolute Gasteiger partial charge is 0.454 e. The topological polar surface area (TPSA) is 68.8 Å². The van der Waals surface area contributed by atoms with Gasteiger partial charge in [-0.25, -0.2) is 0 Å². The Morgan fingerprint density at radius 3 is 2.87 bits per heavy atom. The van der Waals surface area contributed by atoms with Crippen LogP contribution in [0.3, 0.4) is 0 Å². The zero-order valence-corrected chi connectivity index (χ0v) is 14.2. The maximum absolute atomic E-state index is 12.2. The molecule has 1 atom stereocenters. The molecule has 1 unspecified atom stereocenters. The van der Waals surface area contributed by atoms with Crippen molar-refractivity contribution < 1.29 is 19.0 Å². The second-order valence-electron chi connectivity index (χ2n) is 6.25. The van der Waals surface area contributed by atoms with Crippen molar-refractivity contribution in [3.63, 3.8) is 0 Å². The molecule has 0 radical (unpaired) electrons. The van der Waals surface area contributed by atoms with Crippen molar-refractivity contribution in [2.75, 3.05) is 33.1 Å². The van der Waals surface area contributed by atoms with Gasteiger partial charge in [0.25, 0.3) is 0 Å². The Hall–Kier alpha value is -1.50. The van der Waals surface area contributed by atoms with Crippen molar-refractivity contribution in [3.05, 3.63) is 23.8 Å². The highest BCUT2D eigenvalue weighted by atomic mass is 35.5. The second kappa shape index (κ2) is 7.38. The zero-order valence-electron chi connectivity index (χ0n) is 13.4. The minimum absolute atomic E-state index is 0. The third kappa shape index (κ3) is 4.07. The highest BCUT2D eigenvalue weighted by Gasteiger charge is 2.27. The number of carbonyl (C=O) groups excluding carboxylic acids is 1. The van der Waals surface area contributed by atoms with Crippen LogP contribution in [0.2, 0.25) is 0 Å². The molecule has 0 spiro atoms. The van der Waals surface area contributed by atoms with Crippen molar-refractivity contribution in [3.8, 4) is 11.5 Å². The fourth-order valence-corrected chi connectivity index (χ4v) is 2.58. The first-order chi connectivity index (χ1) is 10.6. The molecule has 6 nitrogen and oxygen atoms in total. The summed E-state index contributed by atoms with van der Waals surface area (Å²) in [6.45, 7) is 6.80. The van der Waals surface area contributed by atoms with Gasteiger partial charge in [0, 0.05) is 18.5 Å². The maximum Gasteiger partial charge on any atom is 0.239 e. The molecule has 128 valence electrons. The van der Waals surface area contributed by atoms with Crippen LogP contribution >= 0.6 is 12.4 Å². The van der Waals surface area contributed by atoms with E-state index in [1.165, 1.54) is 0 Å². The molecular weight excluding hydrogens is 320 g/mol. The van der Waals surface area contributed by atoms with E-state index in [4.69, 9.17) is 14.2 Å². The lowest BCUT2D eigenvalue weighted by Gasteiger charge is -2.28. The standard InChI is InChI=1S/C16H22N2O4.ClH/c1-16(2,9-18-15(19)12-8-20-6-5-17-12)11-3-4-13-14(7-11)22-10-21-13;/h3-4,7,12,17H,5-6,8-10H2,1-2H3,(H,18,19);1H. The van der Waals surface area contributed by atoms with Gasteiger partial charge in [-0.2, -0.15) is 0 Å². The second-order valence-corrected chi connectivity index (χ2v) is 6.25. The maximum atomic E-state index is 12.2. The lowest BCUT2D eigenvalue weighted by atomic mass is 9.84. The third-order valence-electron chi connectivity index (χ3n) is 4.10. The molecule has 2 aliphatic rings. The lowest BCUT2D eigenvalue weighted by molar-refractivity contribution is -0.126. The molecule has 3 rings (SSSR count). The number of amides is 1. The first kappa shape index (κ1) is 17.8. The number of halogens is 1. The van der Waals surface area contributed by atoms with Gasteiger partial charge in [0.2, 0.25) is 12.7 Å². The van der Waals surface area contributed by atoms with E-state index >= 15 is 0 Å². The molecular formula is C16H23ClN2O4. The lowest BCUT2D eigenvalue weighted by Crippen LogP contribution is -2.52. The molecule has 7 heteroatoms. The number of rotatable bonds is 4. The summed E-state index contributed by atoms with van der Waals surface area (Å²) in [5.74, 6) is 1.51. The van der Waals surface area contributed by atoms with Gasteiger partial charge in [-0.05, 0) is 17.7 Å². The fourth-order valence-electron chi connectivity index (χ4n) is 2.58. The first-order valence-electron chi connectivity index (χ1n) is 7.55. The summed E-state index contributed by atoms with van der Waals surface area (Å²) in [7, 11) is 0. The quantitative estimate of drug-likeness (QED) is 0.861. The molecule has 0 aliphatic carbocycles. The van der Waals surface area contributed by atoms with Gasteiger partial charge in [0.1, 0.15) is 6.04 Å². The Balaban J connectivity index is 0.00000192. The van der Waals surface area contributed by atoms with E-state index in [1.54, 1.807) is 0 Å². The van der Waals surface area contributed by atoms with Crippen LogP contribution in [0.15, 0.2) is 18.2 Å². The first-order valence-corrected chi connectivity index (χ1v) is 7.55. The summed E-state index contributed by atoms with van der Waals surface area (Å²) in [5, 5.41) is 6.16. The van der Waals surface area contributed by atoms with Crippen molar-refractivity contribution in [2.24, 2.45) is 0 Å². The van der Waals surface area contributed by atoms with Crippen LogP contribution in [0, 0.1) is 0 Å². The Kier molecular flexibility index (Phi) is 5.73. The number of benzene rings is 1. The Morgan fingerprint density at radius 2 is 2.13 bits per heavy atom. The molecule has 1 aromatic carbocycles. The number of fused-ring (bicyclic) bond motifs is 1. The minimum atomic E-state index is -0.263. The number of morpholine rings is 1. The predicted octanol–water partition coefficient (Wildman–Crippen LogP) is 1.22. The van der Waals surface area contributed by atoms with Crippen LogP contribution in [0.4, 0.5) is 0 Å². The number of nitrogens with one attached hydrogen (secondary N) is 2. The van der Waals surface area contributed by atoms with Gasteiger partial charge in [0.15, 0.2) is 11.5 Å². The highest BCUT2D eigenvalue weighted by Crippen LogP contribution is 2.36. The smallest absolute Gasteiger partial charge is 0.239 e. The summed E-state index contributed by atoms with van der Waals surface area (Å²) < 4.78 is 16.1. The van der Waals surface area contributed by atoms with Gasteiger partial charge >= 0.3 is 0 Å². The number of hydrogen-bond donors (Lipinski definition) is 2. The van der Waals surface area contributed by atoms with Crippen LogP contribution in [-0.2, 0) is 14.9 Å². The molecule has 0 aromatic heterocycles. The van der Waals surface area contributed by atoms with Crippen LogP contribution < -0.4 is 20.1 Å². The predicted molar refractivity (Wildman–Crippen MR) is 88.5 cm³/mol. The van der Waals surface area contributed by atoms with Crippen LogP contribution in [-0.4, -0.2) is 45.0 Å². The van der Waals surface area contributed by atoms with Gasteiger partial charge in [-0.15, -0.1) is 12.4 Å². The normalized spacial score (nSPS) is 19.8. The molecule has 23 heavy (non-hydrogen) atoms. The van der Waals surface area contributed by atoms with Crippen LogP contribution in [0.25, 0.3) is 0 Å². The van der Waals surface area contributed by atoms with Crippen LogP contribution in [0.1, 0.15) is 19.4 Å². The minimum Gasteiger partial charge on any atom is -0.454 e. The monoisotopic (exact) mass is 342 g/mol. The fraction of sp³-hybridized carbons (Fsp3) is 0.562. The zero-order chi connectivity index (χ0) is 15.6. The summed E-state index contributed by atoms with van der Waals surface area (Å²) in [4.78, 5) is 12.2. The number of hydrogen-bond acceptors (Lipinski definition) is 5. The van der Waals surface area contributed by atoms with Crippen molar-refractivity contribution in [1.82, 2.24) is 10.6 Å². The van der Waals surface area contributed by atoms with E-state index < -0.39 is 0 Å². The van der Waals surface area contributed by atoms with E-state index in [0.717, 1.165) is 17.1 Å². The summed E-state index contributed by atoms with van der Waals surface area (Å²) in [6, 6.07) is 5.65. The van der Waals surface area contributed by atoms with Crippen LogP contribution in [0.5, 0.6) is 11.5 Å². The number of carbonyl (C=O) groups is 1. The third-order valence-corrected chi connectivity index (χ3v) is 4.10. The molecule has 0 bridgehead atoms. The van der Waals surface area contributed by atoms with E-state index in [0.29, 0.717) is 26.3 Å². The molecule has 1 saturated heterocycles. The Morgan fingerprint density at radius 1 is 1.35 bits per heavy atom. The van der Waals surface area contributed by atoms with Crippen molar-refractivity contribution in [1.29, 1.82) is 0 Å². The van der Waals surface area contributed by atoms with E-state index in [2.05, 4.69) is 24.5 Å². The highest BCUT2D eigenvalue weighted by molar-refractivity contribution is 5.85.